The molecule has 0 bridgehead atoms. The van der Waals surface area contributed by atoms with E-state index in [-0.39, 0.29) is 11.3 Å². The predicted octanol–water partition coefficient (Wildman–Crippen LogP) is 2.23. The Hall–Kier alpha value is -0.870. The van der Waals surface area contributed by atoms with E-state index in [1.54, 1.807) is 11.3 Å². The highest BCUT2D eigenvalue weighted by Crippen LogP contribution is 2.38. The van der Waals surface area contributed by atoms with Crippen molar-refractivity contribution in [3.8, 4) is 0 Å². The van der Waals surface area contributed by atoms with Crippen LogP contribution in [0.15, 0.2) is 17.5 Å². The Labute approximate surface area is 107 Å². The molecule has 0 atom stereocenters. The van der Waals surface area contributed by atoms with Crippen LogP contribution in [0.3, 0.4) is 0 Å². The molecule has 1 fully saturated rings. The summed E-state index contributed by atoms with van der Waals surface area (Å²) in [6, 6.07) is 4.09. The summed E-state index contributed by atoms with van der Waals surface area (Å²) in [5.74, 6) is 0.228. The van der Waals surface area contributed by atoms with Crippen molar-refractivity contribution in [2.24, 2.45) is 11.1 Å². The largest absolute Gasteiger partial charge is 0.340 e. The molecule has 1 aromatic rings. The van der Waals surface area contributed by atoms with Gasteiger partial charge in [-0.2, -0.15) is 0 Å². The van der Waals surface area contributed by atoms with Crippen LogP contribution >= 0.6 is 11.3 Å². The summed E-state index contributed by atoms with van der Waals surface area (Å²) in [4.78, 5) is 15.5. The fourth-order valence-electron chi connectivity index (χ4n) is 2.67. The van der Waals surface area contributed by atoms with Crippen molar-refractivity contribution >= 4 is 17.2 Å². The number of amides is 1. The number of hydrogen-bond acceptors (Lipinski definition) is 3. The highest BCUT2D eigenvalue weighted by atomic mass is 32.1. The predicted molar refractivity (Wildman–Crippen MR) is 70.7 cm³/mol. The topological polar surface area (TPSA) is 46.3 Å². The Bertz CT molecular complexity index is 369. The monoisotopic (exact) mass is 252 g/mol. The molecule has 1 saturated carbocycles. The lowest BCUT2D eigenvalue weighted by molar-refractivity contribution is -0.140. The summed E-state index contributed by atoms with van der Waals surface area (Å²) in [6.07, 6.45) is 4.18. The Morgan fingerprint density at radius 2 is 2.24 bits per heavy atom. The maximum absolute atomic E-state index is 12.5. The van der Waals surface area contributed by atoms with Crippen LogP contribution in [-0.2, 0) is 11.3 Å². The first-order valence-corrected chi connectivity index (χ1v) is 7.04. The molecule has 94 valence electrons. The van der Waals surface area contributed by atoms with Crippen LogP contribution in [0.5, 0.6) is 0 Å². The van der Waals surface area contributed by atoms with Gasteiger partial charge in [-0.15, -0.1) is 11.3 Å². The lowest BCUT2D eigenvalue weighted by Crippen LogP contribution is -2.44. The molecule has 0 unspecified atom stereocenters. The van der Waals surface area contributed by atoms with E-state index in [1.807, 2.05) is 23.4 Å². The first kappa shape index (κ1) is 12.6. The summed E-state index contributed by atoms with van der Waals surface area (Å²) >= 11 is 1.69. The first-order chi connectivity index (χ1) is 8.18. The normalized spacial score (nSPS) is 18.2. The second-order valence-electron chi connectivity index (χ2n) is 4.93. The van der Waals surface area contributed by atoms with Crippen molar-refractivity contribution in [3.05, 3.63) is 22.4 Å². The van der Waals surface area contributed by atoms with Gasteiger partial charge in [0.2, 0.25) is 5.91 Å². The second-order valence-corrected chi connectivity index (χ2v) is 5.96. The van der Waals surface area contributed by atoms with Crippen molar-refractivity contribution in [2.75, 3.05) is 13.6 Å². The fourth-order valence-corrected chi connectivity index (χ4v) is 3.43. The molecule has 1 amide bonds. The van der Waals surface area contributed by atoms with E-state index in [2.05, 4.69) is 6.07 Å². The zero-order chi connectivity index (χ0) is 12.3. The van der Waals surface area contributed by atoms with E-state index < -0.39 is 0 Å². The van der Waals surface area contributed by atoms with Crippen molar-refractivity contribution in [1.82, 2.24) is 4.90 Å². The number of nitrogens with two attached hydrogens (primary N) is 1. The summed E-state index contributed by atoms with van der Waals surface area (Å²) in [5.41, 5.74) is 5.56. The van der Waals surface area contributed by atoms with Crippen LogP contribution in [0.25, 0.3) is 0 Å². The van der Waals surface area contributed by atoms with Gasteiger partial charge in [-0.1, -0.05) is 18.9 Å². The smallest absolute Gasteiger partial charge is 0.230 e. The van der Waals surface area contributed by atoms with Crippen LogP contribution in [0.2, 0.25) is 0 Å². The maximum atomic E-state index is 12.5. The van der Waals surface area contributed by atoms with E-state index in [0.717, 1.165) is 25.7 Å². The summed E-state index contributed by atoms with van der Waals surface area (Å²) in [6.45, 7) is 1.19. The third-order valence-electron chi connectivity index (χ3n) is 3.72. The average molecular weight is 252 g/mol. The minimum absolute atomic E-state index is 0.228. The van der Waals surface area contributed by atoms with Crippen LogP contribution in [0, 0.1) is 5.41 Å². The Morgan fingerprint density at radius 1 is 1.53 bits per heavy atom. The van der Waals surface area contributed by atoms with Crippen molar-refractivity contribution in [2.45, 2.75) is 32.2 Å². The van der Waals surface area contributed by atoms with Gasteiger partial charge in [0.05, 0.1) is 12.0 Å². The third-order valence-corrected chi connectivity index (χ3v) is 4.59. The number of hydrogen-bond donors (Lipinski definition) is 1. The number of nitrogens with zero attached hydrogens (tertiary/aromatic N) is 1. The average Bonchev–Trinajstić information content (AvgIpc) is 2.99. The standard InChI is InChI=1S/C13H20N2OS/c1-15(9-11-5-4-8-17-11)12(16)13(10-14)6-2-3-7-13/h4-5,8H,2-3,6-7,9-10,14H2,1H3. The number of carbonyl (C=O) groups is 1. The quantitative estimate of drug-likeness (QED) is 0.893. The summed E-state index contributed by atoms with van der Waals surface area (Å²) in [7, 11) is 1.89. The van der Waals surface area contributed by atoms with Crippen LogP contribution < -0.4 is 5.73 Å². The molecular weight excluding hydrogens is 232 g/mol. The molecule has 0 aliphatic heterocycles. The number of carbonyl (C=O) groups excluding carboxylic acids is 1. The molecule has 0 aromatic carbocycles. The van der Waals surface area contributed by atoms with Crippen LogP contribution in [0.4, 0.5) is 0 Å². The zero-order valence-electron chi connectivity index (χ0n) is 10.3. The molecule has 3 nitrogen and oxygen atoms in total. The number of rotatable bonds is 4. The molecule has 2 rings (SSSR count). The molecule has 0 saturated heterocycles. The van der Waals surface area contributed by atoms with Gasteiger partial charge in [0, 0.05) is 18.5 Å². The molecule has 1 aromatic heterocycles. The van der Waals surface area contributed by atoms with Gasteiger partial charge in [0.1, 0.15) is 0 Å². The van der Waals surface area contributed by atoms with Crippen LogP contribution in [-0.4, -0.2) is 24.4 Å². The molecule has 1 aliphatic carbocycles. The molecule has 0 spiro atoms. The van der Waals surface area contributed by atoms with Gasteiger partial charge in [-0.25, -0.2) is 0 Å². The summed E-state index contributed by atoms with van der Waals surface area (Å²) < 4.78 is 0. The fraction of sp³-hybridized carbons (Fsp3) is 0.615. The van der Waals surface area contributed by atoms with Gasteiger partial charge in [-0.05, 0) is 24.3 Å². The van der Waals surface area contributed by atoms with Gasteiger partial charge < -0.3 is 10.6 Å². The molecule has 2 N–H and O–H groups in total. The SMILES string of the molecule is CN(Cc1cccs1)C(=O)C1(CN)CCCC1. The lowest BCUT2D eigenvalue weighted by Gasteiger charge is -2.31. The second kappa shape index (κ2) is 5.19. The van der Waals surface area contributed by atoms with E-state index in [4.69, 9.17) is 5.73 Å². The maximum Gasteiger partial charge on any atom is 0.230 e. The van der Waals surface area contributed by atoms with E-state index >= 15 is 0 Å². The Kier molecular flexibility index (Phi) is 3.84. The van der Waals surface area contributed by atoms with E-state index in [1.165, 1.54) is 4.88 Å². The van der Waals surface area contributed by atoms with Gasteiger partial charge >= 0.3 is 0 Å². The van der Waals surface area contributed by atoms with Gasteiger partial charge in [0.15, 0.2) is 0 Å². The first-order valence-electron chi connectivity index (χ1n) is 6.16. The molecular formula is C13H20N2OS. The van der Waals surface area contributed by atoms with Crippen LogP contribution in [0.1, 0.15) is 30.6 Å². The van der Waals surface area contributed by atoms with Gasteiger partial charge in [-0.3, -0.25) is 4.79 Å². The molecule has 1 aliphatic rings. The zero-order valence-corrected chi connectivity index (χ0v) is 11.1. The highest BCUT2D eigenvalue weighted by molar-refractivity contribution is 7.09. The van der Waals surface area contributed by atoms with Crippen molar-refractivity contribution < 1.29 is 4.79 Å². The molecule has 17 heavy (non-hydrogen) atoms. The Balaban J connectivity index is 2.03. The number of thiophene rings is 1. The lowest BCUT2D eigenvalue weighted by atomic mass is 9.85. The highest BCUT2D eigenvalue weighted by Gasteiger charge is 2.41. The molecule has 1 heterocycles. The third kappa shape index (κ3) is 2.53. The molecule has 4 heteroatoms. The molecule has 0 radical (unpaired) electrons. The van der Waals surface area contributed by atoms with Gasteiger partial charge in [0.25, 0.3) is 0 Å². The van der Waals surface area contributed by atoms with Crippen molar-refractivity contribution in [3.63, 3.8) is 0 Å². The minimum Gasteiger partial charge on any atom is -0.340 e. The minimum atomic E-state index is -0.272. The van der Waals surface area contributed by atoms with E-state index in [9.17, 15) is 4.79 Å². The van der Waals surface area contributed by atoms with Crippen molar-refractivity contribution in [1.29, 1.82) is 0 Å². The summed E-state index contributed by atoms with van der Waals surface area (Å²) in [5, 5.41) is 2.04. The Morgan fingerprint density at radius 3 is 2.76 bits per heavy atom. The van der Waals surface area contributed by atoms with E-state index in [0.29, 0.717) is 13.1 Å².